The fourth-order valence-corrected chi connectivity index (χ4v) is 9.59. The fraction of sp³-hybridized carbons (Fsp3) is 0.808. The van der Waals surface area contributed by atoms with Gasteiger partial charge in [0.05, 0.1) is 24.0 Å². The first kappa shape index (κ1) is 23.5. The Balaban J connectivity index is 1.59. The Labute approximate surface area is 200 Å². The Morgan fingerprint density at radius 3 is 2.73 bits per heavy atom. The van der Waals surface area contributed by atoms with Crippen LogP contribution in [-0.2, 0) is 19.1 Å². The van der Waals surface area contributed by atoms with Crippen molar-refractivity contribution in [3.8, 4) is 6.07 Å². The average Bonchev–Trinajstić information content (AvgIpc) is 3.13. The molecule has 1 saturated heterocycles. The number of carbonyl (C=O) groups excluding carboxylic acids is 2. The average molecular weight is 474 g/mol. The van der Waals surface area contributed by atoms with Crippen molar-refractivity contribution in [1.82, 2.24) is 0 Å². The van der Waals surface area contributed by atoms with Gasteiger partial charge >= 0.3 is 0 Å². The first-order chi connectivity index (χ1) is 15.4. The van der Waals surface area contributed by atoms with Gasteiger partial charge in [0.25, 0.3) is 0 Å². The summed E-state index contributed by atoms with van der Waals surface area (Å²) >= 11 is 1.01. The Morgan fingerprint density at radius 1 is 1.30 bits per heavy atom. The number of aliphatic hydroxyl groups excluding tert-OH is 1. The molecule has 3 saturated carbocycles. The van der Waals surface area contributed by atoms with Crippen LogP contribution in [0.1, 0.15) is 66.7 Å². The summed E-state index contributed by atoms with van der Waals surface area (Å²) < 4.78 is 12.9. The number of nitriles is 1. The number of rotatable bonds is 2. The van der Waals surface area contributed by atoms with Crippen LogP contribution in [0.15, 0.2) is 11.6 Å². The van der Waals surface area contributed by atoms with Gasteiger partial charge in [-0.2, -0.15) is 5.26 Å². The lowest BCUT2D eigenvalue weighted by Gasteiger charge is -2.62. The Kier molecular flexibility index (Phi) is 5.28. The summed E-state index contributed by atoms with van der Waals surface area (Å²) in [6, 6.07) is 2.07. The third kappa shape index (κ3) is 3.03. The van der Waals surface area contributed by atoms with Crippen molar-refractivity contribution >= 4 is 22.7 Å². The Morgan fingerprint density at radius 2 is 2.03 bits per heavy atom. The summed E-state index contributed by atoms with van der Waals surface area (Å²) in [7, 11) is 0. The minimum absolute atomic E-state index is 0.0527. The molecule has 0 amide bonds. The molecule has 4 fully saturated rings. The molecule has 1 aliphatic heterocycles. The van der Waals surface area contributed by atoms with Crippen LogP contribution in [0.4, 0.5) is 0 Å². The summed E-state index contributed by atoms with van der Waals surface area (Å²) in [6.07, 6.45) is 4.24. The predicted molar refractivity (Wildman–Crippen MR) is 124 cm³/mol. The SMILES string of the molecule is C[C@H]1CC2C([C@@H](O)C[C@@]3(C)C2C[C@H]2OC(C)(C)O[C@]23C(=O)SCC#N)[C@@]2(C)CCC(=O)C=C12. The van der Waals surface area contributed by atoms with Crippen molar-refractivity contribution in [3.63, 3.8) is 0 Å². The van der Waals surface area contributed by atoms with Crippen LogP contribution in [0.3, 0.4) is 0 Å². The van der Waals surface area contributed by atoms with Crippen molar-refractivity contribution < 1.29 is 24.2 Å². The van der Waals surface area contributed by atoms with Gasteiger partial charge in [-0.3, -0.25) is 9.59 Å². The Bertz CT molecular complexity index is 970. The smallest absolute Gasteiger partial charge is 0.225 e. The number of nitrogens with zero attached hydrogens (tertiary/aromatic N) is 1. The van der Waals surface area contributed by atoms with Gasteiger partial charge < -0.3 is 14.6 Å². The molecule has 1 heterocycles. The maximum atomic E-state index is 13.7. The maximum Gasteiger partial charge on any atom is 0.225 e. The van der Waals surface area contributed by atoms with Crippen LogP contribution >= 0.6 is 11.8 Å². The molecule has 3 unspecified atom stereocenters. The molecule has 5 rings (SSSR count). The van der Waals surface area contributed by atoms with E-state index in [9.17, 15) is 14.7 Å². The molecule has 1 N–H and O–H groups in total. The van der Waals surface area contributed by atoms with E-state index in [1.807, 2.05) is 19.9 Å². The standard InChI is InChI=1S/C26H35NO5S/c1-14-10-16-18-12-20-26(22(30)33-9-8-27,32-23(2,3)31-20)25(18,5)13-19(29)21(16)24(4)7-6-15(28)11-17(14)24/h11,14,16,18-21,29H,6-7,9-10,12-13H2,1-5H3/t14-,16?,18?,19-,20+,21?,24-,25-,26-/m0/s1. The number of hydrogen-bond donors (Lipinski definition) is 1. The lowest BCUT2D eigenvalue weighted by atomic mass is 9.44. The van der Waals surface area contributed by atoms with Gasteiger partial charge in [0.2, 0.25) is 5.12 Å². The van der Waals surface area contributed by atoms with Gasteiger partial charge in [0, 0.05) is 11.8 Å². The van der Waals surface area contributed by atoms with Crippen LogP contribution in [0, 0.1) is 45.8 Å². The van der Waals surface area contributed by atoms with Crippen LogP contribution in [0.5, 0.6) is 0 Å². The highest BCUT2D eigenvalue weighted by Crippen LogP contribution is 2.71. The number of aliphatic hydroxyl groups is 1. The monoisotopic (exact) mass is 473 g/mol. The summed E-state index contributed by atoms with van der Waals surface area (Å²) in [5.74, 6) is 0.0674. The summed E-state index contributed by atoms with van der Waals surface area (Å²) in [5.41, 5.74) is -0.766. The van der Waals surface area contributed by atoms with Crippen molar-refractivity contribution in [1.29, 1.82) is 5.26 Å². The normalized spacial score (nSPS) is 49.8. The number of carbonyl (C=O) groups is 2. The van der Waals surface area contributed by atoms with E-state index in [4.69, 9.17) is 14.7 Å². The zero-order chi connectivity index (χ0) is 24.0. The summed E-state index contributed by atoms with van der Waals surface area (Å²) in [6.45, 7) is 10.2. The highest BCUT2D eigenvalue weighted by atomic mass is 32.2. The molecule has 6 nitrogen and oxygen atoms in total. The highest BCUT2D eigenvalue weighted by molar-refractivity contribution is 8.14. The van der Waals surface area contributed by atoms with E-state index in [-0.39, 0.29) is 51.8 Å². The molecule has 0 spiro atoms. The lowest BCUT2D eigenvalue weighted by molar-refractivity contribution is -0.224. The largest absolute Gasteiger partial charge is 0.393 e. The first-order valence-electron chi connectivity index (χ1n) is 12.2. The second-order valence-electron chi connectivity index (χ2n) is 11.9. The van der Waals surface area contributed by atoms with Gasteiger partial charge in [0.15, 0.2) is 17.2 Å². The third-order valence-electron chi connectivity index (χ3n) is 9.78. The number of hydrogen-bond acceptors (Lipinski definition) is 7. The molecule has 7 heteroatoms. The topological polar surface area (TPSA) is 96.6 Å². The molecule has 33 heavy (non-hydrogen) atoms. The minimum atomic E-state index is -1.17. The number of thioether (sulfide) groups is 1. The van der Waals surface area contributed by atoms with Crippen LogP contribution in [0.25, 0.3) is 0 Å². The zero-order valence-corrected chi connectivity index (χ0v) is 21.0. The van der Waals surface area contributed by atoms with Crippen molar-refractivity contribution in [2.45, 2.75) is 90.3 Å². The molecule has 9 atom stereocenters. The molecule has 0 bridgehead atoms. The van der Waals surface area contributed by atoms with E-state index in [1.165, 1.54) is 5.57 Å². The van der Waals surface area contributed by atoms with Gasteiger partial charge in [-0.05, 0) is 74.7 Å². The number of allylic oxidation sites excluding steroid dienone is 1. The quantitative estimate of drug-likeness (QED) is 0.647. The van der Waals surface area contributed by atoms with Gasteiger partial charge in [-0.1, -0.05) is 38.1 Å². The van der Waals surface area contributed by atoms with Crippen molar-refractivity contribution in [3.05, 3.63) is 11.6 Å². The summed E-state index contributed by atoms with van der Waals surface area (Å²) in [5, 5.41) is 20.7. The fourth-order valence-electron chi connectivity index (χ4n) is 8.77. The van der Waals surface area contributed by atoms with Crippen LogP contribution in [0.2, 0.25) is 0 Å². The van der Waals surface area contributed by atoms with E-state index in [0.29, 0.717) is 19.3 Å². The molecular weight excluding hydrogens is 438 g/mol. The maximum absolute atomic E-state index is 13.7. The van der Waals surface area contributed by atoms with E-state index in [0.717, 1.165) is 24.6 Å². The molecule has 0 aromatic rings. The second kappa shape index (κ2) is 7.40. The third-order valence-corrected chi connectivity index (χ3v) is 10.6. The van der Waals surface area contributed by atoms with Gasteiger partial charge in [-0.25, -0.2) is 0 Å². The number of fused-ring (bicyclic) bond motifs is 7. The molecule has 180 valence electrons. The van der Waals surface area contributed by atoms with Crippen LogP contribution in [-0.4, -0.2) is 45.4 Å². The molecular formula is C26H35NO5S. The van der Waals surface area contributed by atoms with E-state index >= 15 is 0 Å². The lowest BCUT2D eigenvalue weighted by Crippen LogP contribution is -2.63. The van der Waals surface area contributed by atoms with E-state index in [1.54, 1.807) is 0 Å². The molecule has 4 aliphatic carbocycles. The minimum Gasteiger partial charge on any atom is -0.393 e. The van der Waals surface area contributed by atoms with E-state index < -0.39 is 22.9 Å². The molecule has 0 aromatic carbocycles. The number of ketones is 1. The second-order valence-corrected chi connectivity index (χ2v) is 12.9. The first-order valence-corrected chi connectivity index (χ1v) is 13.2. The summed E-state index contributed by atoms with van der Waals surface area (Å²) in [4.78, 5) is 25.9. The number of ether oxygens (including phenoxy) is 2. The van der Waals surface area contributed by atoms with Crippen molar-refractivity contribution in [2.24, 2.45) is 34.5 Å². The van der Waals surface area contributed by atoms with E-state index in [2.05, 4.69) is 26.8 Å². The van der Waals surface area contributed by atoms with Gasteiger partial charge in [-0.15, -0.1) is 0 Å². The molecule has 0 aromatic heterocycles. The molecule has 0 radical (unpaired) electrons. The molecule has 5 aliphatic rings. The van der Waals surface area contributed by atoms with Crippen molar-refractivity contribution in [2.75, 3.05) is 5.75 Å². The predicted octanol–water partition coefficient (Wildman–Crippen LogP) is 4.02. The van der Waals surface area contributed by atoms with Crippen LogP contribution < -0.4 is 0 Å². The Hall–Kier alpha value is -1.20. The highest BCUT2D eigenvalue weighted by Gasteiger charge is 2.77. The van der Waals surface area contributed by atoms with Gasteiger partial charge in [0.1, 0.15) is 0 Å². The zero-order valence-electron chi connectivity index (χ0n) is 20.2.